The predicted molar refractivity (Wildman–Crippen MR) is 115 cm³/mol. The monoisotopic (exact) mass is 419 g/mol. The van der Waals surface area contributed by atoms with E-state index in [1.807, 2.05) is 7.05 Å². The molecule has 0 aromatic heterocycles. The van der Waals surface area contributed by atoms with Gasteiger partial charge in [-0.25, -0.2) is 4.79 Å². The highest BCUT2D eigenvalue weighted by Gasteiger charge is 2.29. The van der Waals surface area contributed by atoms with Crippen molar-refractivity contribution in [2.45, 2.75) is 96.8 Å². The second-order valence-corrected chi connectivity index (χ2v) is 8.02. The summed E-state index contributed by atoms with van der Waals surface area (Å²) in [5.41, 5.74) is 0. The summed E-state index contributed by atoms with van der Waals surface area (Å²) in [6.07, 6.45) is 21.5. The van der Waals surface area contributed by atoms with E-state index in [9.17, 15) is 4.79 Å². The number of rotatable bonds is 19. The summed E-state index contributed by atoms with van der Waals surface area (Å²) in [6, 6.07) is 0. The van der Waals surface area contributed by atoms with Crippen molar-refractivity contribution in [3.63, 3.8) is 0 Å². The molecule has 0 heterocycles. The fraction of sp³-hybridized carbons (Fsp3) is 0.870. The molecule has 28 heavy (non-hydrogen) atoms. The maximum Gasteiger partial charge on any atom is 0.313 e. The van der Waals surface area contributed by atoms with Crippen LogP contribution in [0.25, 0.3) is 0 Å². The van der Waals surface area contributed by atoms with Gasteiger partial charge in [0.2, 0.25) is 0 Å². The van der Waals surface area contributed by atoms with Crippen molar-refractivity contribution in [2.75, 3.05) is 33.4 Å². The molecular formula is C23H46ClNO3. The zero-order valence-electron chi connectivity index (χ0n) is 18.5. The Labute approximate surface area is 180 Å². The van der Waals surface area contributed by atoms with Crippen LogP contribution in [0.5, 0.6) is 0 Å². The lowest BCUT2D eigenvalue weighted by Crippen LogP contribution is -3.00. The molecule has 4 nitrogen and oxygen atoms in total. The first-order valence-electron chi connectivity index (χ1n) is 11.4. The molecule has 0 aromatic carbocycles. The van der Waals surface area contributed by atoms with Crippen molar-refractivity contribution in [2.24, 2.45) is 0 Å². The van der Waals surface area contributed by atoms with Crippen molar-refractivity contribution < 1.29 is 31.9 Å². The van der Waals surface area contributed by atoms with Crippen LogP contribution in [0.1, 0.15) is 96.8 Å². The normalized spacial score (nSPS) is 11.7. The lowest BCUT2D eigenvalue weighted by Gasteiger charge is -2.30. The number of unbranched alkanes of at least 4 members (excludes halogenated alkanes) is 11. The maximum absolute atomic E-state index is 12.3. The van der Waals surface area contributed by atoms with Crippen LogP contribution in [0.15, 0.2) is 12.2 Å². The highest BCUT2D eigenvalue weighted by atomic mass is 35.5. The van der Waals surface area contributed by atoms with Crippen LogP contribution in [0, 0.1) is 0 Å². The molecule has 2 N–H and O–H groups in total. The molecule has 0 radical (unpaired) electrons. The van der Waals surface area contributed by atoms with Gasteiger partial charge < -0.3 is 22.6 Å². The van der Waals surface area contributed by atoms with Crippen LogP contribution in [0.4, 0.5) is 0 Å². The number of quaternary nitrogens is 1. The average molecular weight is 420 g/mol. The molecule has 1 amide bonds. The summed E-state index contributed by atoms with van der Waals surface area (Å²) in [5, 5.41) is 18.3. The first-order valence-corrected chi connectivity index (χ1v) is 11.4. The van der Waals surface area contributed by atoms with E-state index in [0.29, 0.717) is 19.5 Å². The lowest BCUT2D eigenvalue weighted by atomic mass is 10.1. The molecule has 0 aliphatic rings. The number of hydrogen-bond donors (Lipinski definition) is 2. The Bertz CT molecular complexity index is 369. The van der Waals surface area contributed by atoms with Gasteiger partial charge in [-0.1, -0.05) is 70.4 Å². The maximum atomic E-state index is 12.3. The van der Waals surface area contributed by atoms with E-state index in [1.165, 1.54) is 70.6 Å². The molecule has 0 saturated carbocycles. The molecular weight excluding hydrogens is 374 g/mol. The zero-order chi connectivity index (χ0) is 20.2. The standard InChI is InChI=1S/C23H46NO3.ClH/c1-3-4-5-6-7-8-9-10-11-12-13-14-15-16-17-18-23(27)24(2,19-21-25)20-22-26;/h10-11,25-26H,3-9,12-22H2,1-2H3;1H/q+1;/p-1/b11-10-;. The van der Waals surface area contributed by atoms with Gasteiger partial charge in [0, 0.05) is 0 Å². The molecule has 0 rings (SSSR count). The van der Waals surface area contributed by atoms with Crippen molar-refractivity contribution in [1.82, 2.24) is 0 Å². The fourth-order valence-electron chi connectivity index (χ4n) is 3.42. The van der Waals surface area contributed by atoms with Gasteiger partial charge >= 0.3 is 5.91 Å². The number of halogens is 1. The number of amides is 1. The summed E-state index contributed by atoms with van der Waals surface area (Å²) in [5.74, 6) is 0.135. The molecule has 0 bridgehead atoms. The SMILES string of the molecule is CCCCCCCC/C=C\CCCCCCCC(=O)[N+](C)(CCO)CCO.[Cl-]. The Morgan fingerprint density at radius 2 is 1.18 bits per heavy atom. The molecule has 0 aliphatic heterocycles. The minimum Gasteiger partial charge on any atom is -1.00 e. The topological polar surface area (TPSA) is 57.5 Å². The number of hydrogen-bond acceptors (Lipinski definition) is 3. The van der Waals surface area contributed by atoms with Crippen LogP contribution in [0.3, 0.4) is 0 Å². The third-order valence-corrected chi connectivity index (χ3v) is 5.44. The molecule has 0 unspecified atom stereocenters. The lowest BCUT2D eigenvalue weighted by molar-refractivity contribution is -0.835. The molecule has 0 spiro atoms. The summed E-state index contributed by atoms with van der Waals surface area (Å²) >= 11 is 0. The number of aliphatic hydroxyl groups is 2. The number of allylic oxidation sites excluding steroid dienone is 2. The third kappa shape index (κ3) is 16.5. The van der Waals surface area contributed by atoms with Crippen molar-refractivity contribution in [3.8, 4) is 0 Å². The minimum atomic E-state index is -0.0192. The molecule has 168 valence electrons. The Morgan fingerprint density at radius 3 is 1.64 bits per heavy atom. The smallest absolute Gasteiger partial charge is 0.313 e. The van der Waals surface area contributed by atoms with E-state index in [1.54, 1.807) is 0 Å². The van der Waals surface area contributed by atoms with E-state index in [0.717, 1.165) is 12.8 Å². The summed E-state index contributed by atoms with van der Waals surface area (Å²) in [7, 11) is 1.81. The Kier molecular flexibility index (Phi) is 22.6. The van der Waals surface area contributed by atoms with Gasteiger partial charge in [0.15, 0.2) is 0 Å². The number of likely N-dealkylation sites (N-methyl/N-ethyl adjacent to an activating group) is 1. The summed E-state index contributed by atoms with van der Waals surface area (Å²) in [6.45, 7) is 3.01. The summed E-state index contributed by atoms with van der Waals surface area (Å²) in [4.78, 5) is 12.3. The third-order valence-electron chi connectivity index (χ3n) is 5.44. The van der Waals surface area contributed by atoms with Gasteiger partial charge in [0.05, 0.1) is 26.7 Å². The largest absolute Gasteiger partial charge is 1.00 e. The predicted octanol–water partition coefficient (Wildman–Crippen LogP) is 1.99. The van der Waals surface area contributed by atoms with Crippen molar-refractivity contribution in [1.29, 1.82) is 0 Å². The fourth-order valence-corrected chi connectivity index (χ4v) is 3.42. The Morgan fingerprint density at radius 1 is 0.750 bits per heavy atom. The highest BCUT2D eigenvalue weighted by Crippen LogP contribution is 2.13. The van der Waals surface area contributed by atoms with Crippen LogP contribution < -0.4 is 12.4 Å². The first-order chi connectivity index (χ1) is 13.1. The molecule has 0 atom stereocenters. The van der Waals surface area contributed by atoms with Crippen LogP contribution in [-0.4, -0.2) is 54.0 Å². The van der Waals surface area contributed by atoms with Crippen LogP contribution in [-0.2, 0) is 4.79 Å². The first kappa shape index (κ1) is 29.8. The highest BCUT2D eigenvalue weighted by molar-refractivity contribution is 5.68. The average Bonchev–Trinajstić information content (AvgIpc) is 2.65. The number of nitrogens with zero attached hydrogens (tertiary/aromatic N) is 1. The van der Waals surface area contributed by atoms with E-state index in [-0.39, 0.29) is 36.0 Å². The van der Waals surface area contributed by atoms with Gasteiger partial charge in [-0.3, -0.25) is 4.48 Å². The van der Waals surface area contributed by atoms with Gasteiger partial charge in [-0.15, -0.1) is 0 Å². The van der Waals surface area contributed by atoms with Gasteiger partial charge in [0.25, 0.3) is 0 Å². The number of carbonyl (C=O) groups excluding carboxylic acids is 1. The Balaban J connectivity index is 0. The van der Waals surface area contributed by atoms with E-state index in [2.05, 4.69) is 19.1 Å². The van der Waals surface area contributed by atoms with Crippen LogP contribution in [0.2, 0.25) is 0 Å². The molecule has 0 fully saturated rings. The van der Waals surface area contributed by atoms with Crippen LogP contribution >= 0.6 is 0 Å². The van der Waals surface area contributed by atoms with Gasteiger partial charge in [-0.05, 0) is 32.1 Å². The van der Waals surface area contributed by atoms with Gasteiger partial charge in [-0.2, -0.15) is 0 Å². The number of carbonyl (C=O) groups is 1. The minimum absolute atomic E-state index is 0. The molecule has 0 aliphatic carbocycles. The Hall–Kier alpha value is -0.420. The molecule has 5 heteroatoms. The second-order valence-electron chi connectivity index (χ2n) is 8.02. The number of aliphatic hydroxyl groups excluding tert-OH is 2. The van der Waals surface area contributed by atoms with Crippen molar-refractivity contribution >= 4 is 5.91 Å². The summed E-state index contributed by atoms with van der Waals surface area (Å²) < 4.78 is 0.149. The zero-order valence-corrected chi connectivity index (χ0v) is 19.3. The quantitative estimate of drug-likeness (QED) is 0.191. The van der Waals surface area contributed by atoms with Gasteiger partial charge in [0.1, 0.15) is 13.1 Å². The van der Waals surface area contributed by atoms with Crippen molar-refractivity contribution in [3.05, 3.63) is 12.2 Å². The van der Waals surface area contributed by atoms with E-state index < -0.39 is 0 Å². The van der Waals surface area contributed by atoms with E-state index in [4.69, 9.17) is 10.2 Å². The van der Waals surface area contributed by atoms with E-state index >= 15 is 0 Å². The molecule has 0 saturated heterocycles. The second kappa shape index (κ2) is 21.3. The molecule has 0 aromatic rings.